The SMILES string of the molecule is COC(=O)CCCCCCCOC(Cc1ccccc1CCCCCCOS(C)(=O)=O)C(=O)OC. The highest BCUT2D eigenvalue weighted by Crippen LogP contribution is 2.17. The second-order valence-electron chi connectivity index (χ2n) is 8.64. The normalized spacial score (nSPS) is 12.3. The number of benzene rings is 1. The lowest BCUT2D eigenvalue weighted by Crippen LogP contribution is -2.29. The van der Waals surface area contributed by atoms with Gasteiger partial charge in [0.2, 0.25) is 0 Å². The molecule has 0 heterocycles. The molecule has 0 N–H and O–H groups in total. The van der Waals surface area contributed by atoms with Crippen molar-refractivity contribution in [1.82, 2.24) is 0 Å². The van der Waals surface area contributed by atoms with Gasteiger partial charge in [0, 0.05) is 19.4 Å². The summed E-state index contributed by atoms with van der Waals surface area (Å²) < 4.78 is 42.2. The second kappa shape index (κ2) is 18.3. The first-order valence-corrected chi connectivity index (χ1v) is 14.3. The van der Waals surface area contributed by atoms with Crippen molar-refractivity contribution in [2.75, 3.05) is 33.7 Å². The van der Waals surface area contributed by atoms with E-state index in [1.165, 1.54) is 19.8 Å². The van der Waals surface area contributed by atoms with Crippen molar-refractivity contribution >= 4 is 22.1 Å². The van der Waals surface area contributed by atoms with Gasteiger partial charge in [0.05, 0.1) is 27.1 Å². The second-order valence-corrected chi connectivity index (χ2v) is 10.3. The monoisotopic (exact) mass is 514 g/mol. The highest BCUT2D eigenvalue weighted by molar-refractivity contribution is 7.85. The van der Waals surface area contributed by atoms with Crippen LogP contribution in [-0.2, 0) is 50.9 Å². The molecule has 1 aromatic carbocycles. The van der Waals surface area contributed by atoms with E-state index in [1.54, 1.807) is 0 Å². The van der Waals surface area contributed by atoms with Crippen LogP contribution in [0.15, 0.2) is 24.3 Å². The zero-order valence-electron chi connectivity index (χ0n) is 21.5. The number of hydrogen-bond acceptors (Lipinski definition) is 8. The summed E-state index contributed by atoms with van der Waals surface area (Å²) in [6, 6.07) is 8.05. The molecule has 1 unspecified atom stereocenters. The molecule has 0 fully saturated rings. The van der Waals surface area contributed by atoms with Crippen LogP contribution in [0.3, 0.4) is 0 Å². The quantitative estimate of drug-likeness (QED) is 0.143. The summed E-state index contributed by atoms with van der Waals surface area (Å²) >= 11 is 0. The van der Waals surface area contributed by atoms with Crippen LogP contribution in [0.4, 0.5) is 0 Å². The molecule has 0 aromatic heterocycles. The molecule has 0 saturated carbocycles. The highest BCUT2D eigenvalue weighted by Gasteiger charge is 2.21. The number of esters is 2. The average molecular weight is 515 g/mol. The number of hydrogen-bond donors (Lipinski definition) is 0. The first-order valence-electron chi connectivity index (χ1n) is 12.4. The predicted octanol–water partition coefficient (Wildman–Crippen LogP) is 4.38. The van der Waals surface area contributed by atoms with E-state index in [1.807, 2.05) is 18.2 Å². The number of unbranched alkanes of at least 4 members (excludes halogenated alkanes) is 7. The van der Waals surface area contributed by atoms with E-state index in [2.05, 4.69) is 10.8 Å². The van der Waals surface area contributed by atoms with E-state index in [4.69, 9.17) is 13.7 Å². The Hall–Kier alpha value is -1.97. The van der Waals surface area contributed by atoms with Gasteiger partial charge < -0.3 is 14.2 Å². The van der Waals surface area contributed by atoms with Gasteiger partial charge in [0.15, 0.2) is 6.10 Å². The Labute approximate surface area is 210 Å². The summed E-state index contributed by atoms with van der Waals surface area (Å²) in [4.78, 5) is 23.4. The summed E-state index contributed by atoms with van der Waals surface area (Å²) in [7, 11) is -0.593. The maximum Gasteiger partial charge on any atom is 0.335 e. The van der Waals surface area contributed by atoms with Gasteiger partial charge in [-0.25, -0.2) is 4.79 Å². The number of carbonyl (C=O) groups excluding carboxylic acids is 2. The molecule has 1 rings (SSSR count). The Balaban J connectivity index is 2.40. The maximum atomic E-state index is 12.3. The topological polar surface area (TPSA) is 105 Å². The Morgan fingerprint density at radius 2 is 1.40 bits per heavy atom. The van der Waals surface area contributed by atoms with Gasteiger partial charge in [-0.05, 0) is 43.2 Å². The van der Waals surface area contributed by atoms with Crippen LogP contribution >= 0.6 is 0 Å². The molecule has 0 radical (unpaired) electrons. The van der Waals surface area contributed by atoms with Gasteiger partial charge in [-0.3, -0.25) is 8.98 Å². The van der Waals surface area contributed by atoms with Gasteiger partial charge in [-0.15, -0.1) is 0 Å². The minimum atomic E-state index is -3.37. The Kier molecular flexibility index (Phi) is 16.3. The fourth-order valence-corrected chi connectivity index (χ4v) is 4.17. The van der Waals surface area contributed by atoms with Gasteiger partial charge >= 0.3 is 11.9 Å². The summed E-state index contributed by atoms with van der Waals surface area (Å²) in [5.74, 6) is -0.544. The van der Waals surface area contributed by atoms with Crippen LogP contribution < -0.4 is 0 Å². The molecule has 0 saturated heterocycles. The van der Waals surface area contributed by atoms with Crippen LogP contribution in [-0.4, -0.2) is 60.1 Å². The van der Waals surface area contributed by atoms with Crippen LogP contribution in [0.2, 0.25) is 0 Å². The summed E-state index contributed by atoms with van der Waals surface area (Å²) in [6.45, 7) is 0.704. The molecule has 0 aliphatic rings. The number of carbonyl (C=O) groups is 2. The van der Waals surface area contributed by atoms with Gasteiger partial charge in [0.25, 0.3) is 10.1 Å². The molecule has 0 aliphatic carbocycles. The van der Waals surface area contributed by atoms with Crippen molar-refractivity contribution in [3.05, 3.63) is 35.4 Å². The van der Waals surface area contributed by atoms with Crippen molar-refractivity contribution < 1.29 is 36.4 Å². The molecule has 35 heavy (non-hydrogen) atoms. The third-order valence-electron chi connectivity index (χ3n) is 5.70. The van der Waals surface area contributed by atoms with E-state index in [0.29, 0.717) is 25.9 Å². The van der Waals surface area contributed by atoms with E-state index in [9.17, 15) is 18.0 Å². The predicted molar refractivity (Wildman–Crippen MR) is 135 cm³/mol. The first kappa shape index (κ1) is 31.1. The van der Waals surface area contributed by atoms with Gasteiger partial charge in [-0.1, -0.05) is 56.4 Å². The van der Waals surface area contributed by atoms with E-state index >= 15 is 0 Å². The van der Waals surface area contributed by atoms with Crippen LogP contribution in [0.25, 0.3) is 0 Å². The Morgan fingerprint density at radius 1 is 0.800 bits per heavy atom. The molecule has 0 bridgehead atoms. The van der Waals surface area contributed by atoms with E-state index < -0.39 is 16.2 Å². The molecule has 0 amide bonds. The largest absolute Gasteiger partial charge is 0.469 e. The minimum Gasteiger partial charge on any atom is -0.469 e. The zero-order valence-corrected chi connectivity index (χ0v) is 22.3. The number of rotatable bonds is 20. The van der Waals surface area contributed by atoms with E-state index in [-0.39, 0.29) is 18.5 Å². The van der Waals surface area contributed by atoms with Gasteiger partial charge in [-0.2, -0.15) is 8.42 Å². The molecular weight excluding hydrogens is 472 g/mol. The lowest BCUT2D eigenvalue weighted by Gasteiger charge is -2.18. The van der Waals surface area contributed by atoms with Crippen molar-refractivity contribution in [3.8, 4) is 0 Å². The molecule has 8 nitrogen and oxygen atoms in total. The van der Waals surface area contributed by atoms with Crippen molar-refractivity contribution in [2.24, 2.45) is 0 Å². The van der Waals surface area contributed by atoms with E-state index in [0.717, 1.165) is 69.6 Å². The minimum absolute atomic E-state index is 0.172. The molecule has 0 aliphatic heterocycles. The zero-order chi connectivity index (χ0) is 25.9. The molecule has 0 spiro atoms. The maximum absolute atomic E-state index is 12.3. The smallest absolute Gasteiger partial charge is 0.335 e. The summed E-state index contributed by atoms with van der Waals surface area (Å²) in [5, 5.41) is 0. The highest BCUT2D eigenvalue weighted by atomic mass is 32.2. The first-order chi connectivity index (χ1) is 16.8. The molecule has 1 atom stereocenters. The number of methoxy groups -OCH3 is 2. The molecule has 200 valence electrons. The Morgan fingerprint density at radius 3 is 2.06 bits per heavy atom. The number of ether oxygens (including phenoxy) is 3. The summed E-state index contributed by atoms with van der Waals surface area (Å²) in [5.41, 5.74) is 2.26. The third-order valence-corrected chi connectivity index (χ3v) is 6.29. The van der Waals surface area contributed by atoms with Crippen LogP contribution in [0.1, 0.15) is 75.3 Å². The average Bonchev–Trinajstić information content (AvgIpc) is 2.83. The lowest BCUT2D eigenvalue weighted by atomic mass is 9.97. The third kappa shape index (κ3) is 15.6. The van der Waals surface area contributed by atoms with Crippen molar-refractivity contribution in [2.45, 2.75) is 83.2 Å². The van der Waals surface area contributed by atoms with Crippen molar-refractivity contribution in [1.29, 1.82) is 0 Å². The molecular formula is C26H42O8S. The fourth-order valence-electron chi connectivity index (χ4n) is 3.75. The van der Waals surface area contributed by atoms with Crippen LogP contribution in [0.5, 0.6) is 0 Å². The Bertz CT molecular complexity index is 838. The number of aryl methyl sites for hydroxylation is 1. The molecule has 9 heteroatoms. The van der Waals surface area contributed by atoms with Crippen molar-refractivity contribution in [3.63, 3.8) is 0 Å². The van der Waals surface area contributed by atoms with Crippen LogP contribution in [0, 0.1) is 0 Å². The van der Waals surface area contributed by atoms with Gasteiger partial charge in [0.1, 0.15) is 0 Å². The fraction of sp³-hybridized carbons (Fsp3) is 0.692. The molecule has 1 aromatic rings. The lowest BCUT2D eigenvalue weighted by molar-refractivity contribution is -0.154. The summed E-state index contributed by atoms with van der Waals surface area (Å²) in [6.07, 6.45) is 10.4. The standard InChI is InChI=1S/C26H42O8S/c1-31-25(27)18-10-5-4-7-13-19-33-24(26(28)32-2)21-23-17-12-11-16-22(23)15-9-6-8-14-20-34-35(3,29)30/h11-12,16-17,24H,4-10,13-15,18-21H2,1-3H3.